The number of amides is 2. The van der Waals surface area contributed by atoms with Crippen molar-refractivity contribution in [3.8, 4) is 0 Å². The first-order valence-electron chi connectivity index (χ1n) is 10.6. The van der Waals surface area contributed by atoms with Gasteiger partial charge in [-0.1, -0.05) is 12.1 Å². The first-order chi connectivity index (χ1) is 16.1. The number of carbonyl (C=O) groups excluding carboxylic acids is 2. The summed E-state index contributed by atoms with van der Waals surface area (Å²) < 4.78 is 27.1. The predicted molar refractivity (Wildman–Crippen MR) is 137 cm³/mol. The number of benzene rings is 3. The molecule has 2 N–H and O–H groups in total. The molecule has 0 aliphatic heterocycles. The van der Waals surface area contributed by atoms with Crippen LogP contribution in [-0.2, 0) is 10.0 Å². The van der Waals surface area contributed by atoms with E-state index in [4.69, 9.17) is 0 Å². The van der Waals surface area contributed by atoms with Gasteiger partial charge in [0.2, 0.25) is 0 Å². The molecule has 0 unspecified atom stereocenters. The number of anilines is 2. The number of nitrogens with zero attached hydrogens (tertiary/aromatic N) is 1. The van der Waals surface area contributed by atoms with E-state index < -0.39 is 15.9 Å². The molecule has 34 heavy (non-hydrogen) atoms. The normalized spacial score (nSPS) is 11.2. The molecule has 0 spiro atoms. The van der Waals surface area contributed by atoms with Crippen LogP contribution in [-0.4, -0.2) is 39.6 Å². The summed E-state index contributed by atoms with van der Waals surface area (Å²) >= 11 is 1.53. The van der Waals surface area contributed by atoms with E-state index in [0.29, 0.717) is 22.5 Å². The zero-order valence-electron chi connectivity index (χ0n) is 19.4. The minimum Gasteiger partial charge on any atom is -0.350 e. The van der Waals surface area contributed by atoms with Crippen molar-refractivity contribution in [2.24, 2.45) is 0 Å². The largest absolute Gasteiger partial charge is 0.350 e. The summed E-state index contributed by atoms with van der Waals surface area (Å²) in [5, 5.41) is 5.58. The summed E-state index contributed by atoms with van der Waals surface area (Å²) in [5.41, 5.74) is 1.50. The molecule has 0 aliphatic rings. The van der Waals surface area contributed by atoms with E-state index in [2.05, 4.69) is 10.6 Å². The Kier molecular flexibility index (Phi) is 8.01. The lowest BCUT2D eigenvalue weighted by Crippen LogP contribution is -2.31. The van der Waals surface area contributed by atoms with Crippen LogP contribution in [0.25, 0.3) is 0 Å². The van der Waals surface area contributed by atoms with E-state index in [-0.39, 0.29) is 16.8 Å². The van der Waals surface area contributed by atoms with Crippen LogP contribution in [0.5, 0.6) is 0 Å². The van der Waals surface area contributed by atoms with Gasteiger partial charge in [0.15, 0.2) is 0 Å². The predicted octanol–water partition coefficient (Wildman–Crippen LogP) is 4.62. The number of para-hydroxylation sites is 1. The molecule has 0 saturated heterocycles. The zero-order chi connectivity index (χ0) is 24.9. The number of rotatable bonds is 8. The Morgan fingerprint density at radius 2 is 1.50 bits per heavy atom. The third-order valence-electron chi connectivity index (χ3n) is 5.05. The van der Waals surface area contributed by atoms with Gasteiger partial charge in [0.25, 0.3) is 21.8 Å². The van der Waals surface area contributed by atoms with E-state index in [1.165, 1.54) is 23.1 Å². The Labute approximate surface area is 204 Å². The van der Waals surface area contributed by atoms with Gasteiger partial charge in [0, 0.05) is 23.5 Å². The molecular formula is C25H27N3O4S2. The topological polar surface area (TPSA) is 95.6 Å². The first-order valence-corrected chi connectivity index (χ1v) is 13.2. The lowest BCUT2D eigenvalue weighted by atomic mass is 10.1. The van der Waals surface area contributed by atoms with Gasteiger partial charge < -0.3 is 10.6 Å². The average molecular weight is 498 g/mol. The summed E-state index contributed by atoms with van der Waals surface area (Å²) in [6.45, 7) is 3.72. The zero-order valence-corrected chi connectivity index (χ0v) is 21.0. The van der Waals surface area contributed by atoms with Crippen LogP contribution in [0.2, 0.25) is 0 Å². The average Bonchev–Trinajstić information content (AvgIpc) is 2.83. The fraction of sp³-hybridized carbons (Fsp3) is 0.200. The van der Waals surface area contributed by atoms with E-state index in [0.717, 1.165) is 4.90 Å². The number of thioether (sulfide) groups is 1. The molecule has 0 atom stereocenters. The van der Waals surface area contributed by atoms with E-state index in [9.17, 15) is 18.0 Å². The Morgan fingerprint density at radius 3 is 2.09 bits per heavy atom. The van der Waals surface area contributed by atoms with Gasteiger partial charge in [-0.25, -0.2) is 8.42 Å². The molecule has 0 heterocycles. The number of carbonyl (C=O) groups is 2. The van der Waals surface area contributed by atoms with Crippen LogP contribution in [0.1, 0.15) is 34.6 Å². The summed E-state index contributed by atoms with van der Waals surface area (Å²) in [6, 6.07) is 19.6. The molecule has 3 rings (SSSR count). The van der Waals surface area contributed by atoms with Gasteiger partial charge in [0.05, 0.1) is 21.8 Å². The second kappa shape index (κ2) is 10.8. The van der Waals surface area contributed by atoms with Gasteiger partial charge in [-0.05, 0) is 80.8 Å². The van der Waals surface area contributed by atoms with Gasteiger partial charge in [-0.3, -0.25) is 13.9 Å². The minimum atomic E-state index is -3.74. The molecule has 0 radical (unpaired) electrons. The lowest BCUT2D eigenvalue weighted by Gasteiger charge is -2.20. The van der Waals surface area contributed by atoms with Crippen molar-refractivity contribution in [1.82, 2.24) is 5.32 Å². The number of nitrogens with one attached hydrogen (secondary N) is 2. The van der Waals surface area contributed by atoms with E-state index >= 15 is 0 Å². The van der Waals surface area contributed by atoms with E-state index in [1.54, 1.807) is 72.8 Å². The summed E-state index contributed by atoms with van der Waals surface area (Å²) in [6.07, 6.45) is 1.92. The molecule has 3 aromatic carbocycles. The van der Waals surface area contributed by atoms with Crippen LogP contribution in [0.15, 0.2) is 82.6 Å². The molecule has 7 nitrogen and oxygen atoms in total. The molecule has 2 amide bonds. The van der Waals surface area contributed by atoms with Crippen molar-refractivity contribution in [1.29, 1.82) is 0 Å². The SMILES string of the molecule is CSc1ccc(S(=O)(=O)N(C)c2ccc(C(=O)Nc3ccccc3C(=O)NC(C)C)cc2)cc1. The highest BCUT2D eigenvalue weighted by Gasteiger charge is 2.22. The Balaban J connectivity index is 1.77. The highest BCUT2D eigenvalue weighted by molar-refractivity contribution is 7.98. The number of hydrogen-bond donors (Lipinski definition) is 2. The molecule has 0 saturated carbocycles. The van der Waals surface area contributed by atoms with Crippen molar-refractivity contribution in [3.63, 3.8) is 0 Å². The van der Waals surface area contributed by atoms with Crippen molar-refractivity contribution in [2.45, 2.75) is 29.7 Å². The maximum atomic E-state index is 13.0. The number of hydrogen-bond acceptors (Lipinski definition) is 5. The number of sulfonamides is 1. The van der Waals surface area contributed by atoms with Crippen LogP contribution in [0, 0.1) is 0 Å². The monoisotopic (exact) mass is 497 g/mol. The Bertz CT molecular complexity index is 1270. The summed E-state index contributed by atoms with van der Waals surface area (Å²) in [4.78, 5) is 26.4. The molecule has 178 valence electrons. The standard InChI is InChI=1S/C25H27N3O4S2/c1-17(2)26-25(30)22-7-5-6-8-23(22)27-24(29)18-9-11-19(12-10-18)28(3)34(31,32)21-15-13-20(33-4)14-16-21/h5-17H,1-4H3,(H,26,30)(H,27,29). The third-order valence-corrected chi connectivity index (χ3v) is 7.59. The molecule has 9 heteroatoms. The molecule has 0 fully saturated rings. The molecule has 0 aliphatic carbocycles. The summed E-state index contributed by atoms with van der Waals surface area (Å²) in [5.74, 6) is -0.687. The fourth-order valence-electron chi connectivity index (χ4n) is 3.19. The fourth-order valence-corrected chi connectivity index (χ4v) is 4.80. The Morgan fingerprint density at radius 1 is 0.882 bits per heavy atom. The quantitative estimate of drug-likeness (QED) is 0.443. The summed E-state index contributed by atoms with van der Waals surface area (Å²) in [7, 11) is -2.28. The van der Waals surface area contributed by atoms with Gasteiger partial charge >= 0.3 is 0 Å². The van der Waals surface area contributed by atoms with Crippen LogP contribution < -0.4 is 14.9 Å². The highest BCUT2D eigenvalue weighted by atomic mass is 32.2. The van der Waals surface area contributed by atoms with Gasteiger partial charge in [0.1, 0.15) is 0 Å². The third kappa shape index (κ3) is 5.78. The van der Waals surface area contributed by atoms with Crippen LogP contribution >= 0.6 is 11.8 Å². The van der Waals surface area contributed by atoms with Crippen molar-refractivity contribution < 1.29 is 18.0 Å². The second-order valence-corrected chi connectivity index (χ2v) is 10.7. The van der Waals surface area contributed by atoms with Crippen molar-refractivity contribution in [2.75, 3.05) is 22.9 Å². The molecule has 0 aromatic heterocycles. The molecule has 0 bridgehead atoms. The van der Waals surface area contributed by atoms with Gasteiger partial charge in [-0.15, -0.1) is 11.8 Å². The minimum absolute atomic E-state index is 0.0412. The van der Waals surface area contributed by atoms with Crippen molar-refractivity contribution in [3.05, 3.63) is 83.9 Å². The smallest absolute Gasteiger partial charge is 0.264 e. The first kappa shape index (κ1) is 25.3. The van der Waals surface area contributed by atoms with Crippen LogP contribution in [0.3, 0.4) is 0 Å². The van der Waals surface area contributed by atoms with E-state index in [1.807, 2.05) is 20.1 Å². The maximum absolute atomic E-state index is 13.0. The molecular weight excluding hydrogens is 470 g/mol. The van der Waals surface area contributed by atoms with Crippen LogP contribution in [0.4, 0.5) is 11.4 Å². The lowest BCUT2D eigenvalue weighted by molar-refractivity contribution is 0.0944. The second-order valence-electron chi connectivity index (χ2n) is 7.82. The van der Waals surface area contributed by atoms with Crippen molar-refractivity contribution >= 4 is 45.0 Å². The van der Waals surface area contributed by atoms with Gasteiger partial charge in [-0.2, -0.15) is 0 Å². The molecule has 3 aromatic rings. The highest BCUT2D eigenvalue weighted by Crippen LogP contribution is 2.25. The Hall–Kier alpha value is -3.30. The maximum Gasteiger partial charge on any atom is 0.264 e.